The summed E-state index contributed by atoms with van der Waals surface area (Å²) in [6.45, 7) is 3.48. The van der Waals surface area contributed by atoms with E-state index >= 15 is 0 Å². The Labute approximate surface area is 112 Å². The first-order valence-electron chi connectivity index (χ1n) is 5.01. The van der Waals surface area contributed by atoms with Crippen molar-refractivity contribution in [2.75, 3.05) is 0 Å². The number of nitrogens with one attached hydrogen (secondary N) is 1. The van der Waals surface area contributed by atoms with Gasteiger partial charge in [-0.2, -0.15) is 0 Å². The van der Waals surface area contributed by atoms with Crippen LogP contribution in [0.4, 0.5) is 4.39 Å². The second-order valence-electron chi connectivity index (χ2n) is 3.72. The minimum Gasteiger partial charge on any atom is -0.392 e. The first kappa shape index (κ1) is 14.5. The monoisotopic (exact) mass is 320 g/mol. The molecule has 0 saturated heterocycles. The molecular formula is C11H14BrFN2OS. The summed E-state index contributed by atoms with van der Waals surface area (Å²) in [4.78, 5) is 0.426. The smallest absolute Gasteiger partial charge is 0.151 e. The maximum Gasteiger partial charge on any atom is 0.151 e. The average molecular weight is 321 g/mol. The number of aliphatic hydroxyl groups is 1. The zero-order chi connectivity index (χ0) is 13.2. The van der Waals surface area contributed by atoms with Gasteiger partial charge in [-0.05, 0) is 35.0 Å². The van der Waals surface area contributed by atoms with Crippen molar-refractivity contribution in [2.24, 2.45) is 5.73 Å². The molecule has 1 aromatic rings. The molecule has 94 valence electrons. The van der Waals surface area contributed by atoms with Crippen LogP contribution < -0.4 is 5.73 Å². The maximum absolute atomic E-state index is 13.9. The lowest BCUT2D eigenvalue weighted by Gasteiger charge is -2.15. The average Bonchev–Trinajstić information content (AvgIpc) is 2.24. The number of amidine groups is 1. The first-order valence-corrected chi connectivity index (χ1v) is 6.69. The molecule has 2 unspecified atom stereocenters. The van der Waals surface area contributed by atoms with Gasteiger partial charge in [0.05, 0.1) is 10.6 Å². The van der Waals surface area contributed by atoms with Crippen molar-refractivity contribution in [3.8, 4) is 0 Å². The standard InChI is InChI=1S/C11H14BrFN2OS/c1-5(16)6(2)17-8-4-3-7(11(14)15)9(12)10(8)13/h3-6,16H,1-2H3,(H3,14,15). The van der Waals surface area contributed by atoms with Crippen molar-refractivity contribution in [2.45, 2.75) is 30.1 Å². The number of thioether (sulfide) groups is 1. The van der Waals surface area contributed by atoms with E-state index in [1.54, 1.807) is 19.1 Å². The molecule has 0 heterocycles. The lowest BCUT2D eigenvalue weighted by molar-refractivity contribution is 0.196. The van der Waals surface area contributed by atoms with E-state index in [1.165, 1.54) is 11.8 Å². The van der Waals surface area contributed by atoms with Crippen molar-refractivity contribution in [1.29, 1.82) is 5.41 Å². The molecule has 0 bridgehead atoms. The van der Waals surface area contributed by atoms with E-state index in [9.17, 15) is 9.50 Å². The van der Waals surface area contributed by atoms with Crippen LogP contribution in [0.15, 0.2) is 21.5 Å². The number of nitrogens with two attached hydrogens (primary N) is 1. The molecule has 0 aliphatic rings. The SMILES string of the molecule is CC(O)C(C)Sc1ccc(C(=N)N)c(Br)c1F. The summed E-state index contributed by atoms with van der Waals surface area (Å²) in [5.41, 5.74) is 5.65. The first-order chi connectivity index (χ1) is 7.84. The van der Waals surface area contributed by atoms with Gasteiger partial charge in [0.1, 0.15) is 5.84 Å². The lowest BCUT2D eigenvalue weighted by Crippen LogP contribution is -2.16. The highest BCUT2D eigenvalue weighted by molar-refractivity contribution is 9.10. The molecular weight excluding hydrogens is 307 g/mol. The number of benzene rings is 1. The van der Waals surface area contributed by atoms with Crippen LogP contribution in [0.5, 0.6) is 0 Å². The van der Waals surface area contributed by atoms with Crippen LogP contribution in [0.3, 0.4) is 0 Å². The van der Waals surface area contributed by atoms with E-state index < -0.39 is 11.9 Å². The summed E-state index contributed by atoms with van der Waals surface area (Å²) in [6.07, 6.45) is -0.523. The van der Waals surface area contributed by atoms with Gasteiger partial charge in [0.15, 0.2) is 5.82 Å². The van der Waals surface area contributed by atoms with Gasteiger partial charge < -0.3 is 10.8 Å². The van der Waals surface area contributed by atoms with Crippen LogP contribution in [0.1, 0.15) is 19.4 Å². The summed E-state index contributed by atoms with van der Waals surface area (Å²) in [5, 5.41) is 16.6. The van der Waals surface area contributed by atoms with E-state index in [0.29, 0.717) is 10.5 Å². The quantitative estimate of drug-likeness (QED) is 0.454. The third-order valence-electron chi connectivity index (χ3n) is 2.33. The van der Waals surface area contributed by atoms with Crippen LogP contribution in [-0.4, -0.2) is 22.3 Å². The number of rotatable bonds is 4. The van der Waals surface area contributed by atoms with Crippen LogP contribution in [0.2, 0.25) is 0 Å². The molecule has 3 nitrogen and oxygen atoms in total. The number of nitrogen functional groups attached to an aromatic ring is 1. The molecule has 0 aliphatic heterocycles. The Kier molecular flexibility index (Phi) is 4.97. The molecule has 4 N–H and O–H groups in total. The van der Waals surface area contributed by atoms with Gasteiger partial charge in [-0.3, -0.25) is 5.41 Å². The Morgan fingerprint density at radius 1 is 1.53 bits per heavy atom. The van der Waals surface area contributed by atoms with Crippen molar-refractivity contribution in [3.63, 3.8) is 0 Å². The van der Waals surface area contributed by atoms with Gasteiger partial charge in [-0.25, -0.2) is 4.39 Å². The van der Waals surface area contributed by atoms with E-state index in [2.05, 4.69) is 15.9 Å². The molecule has 0 aliphatic carbocycles. The van der Waals surface area contributed by atoms with E-state index in [-0.39, 0.29) is 15.6 Å². The van der Waals surface area contributed by atoms with Crippen LogP contribution >= 0.6 is 27.7 Å². The Balaban J connectivity index is 3.05. The summed E-state index contributed by atoms with van der Waals surface area (Å²) in [7, 11) is 0. The fourth-order valence-electron chi connectivity index (χ4n) is 1.13. The Morgan fingerprint density at radius 2 is 2.12 bits per heavy atom. The van der Waals surface area contributed by atoms with Crippen molar-refractivity contribution in [1.82, 2.24) is 0 Å². The topological polar surface area (TPSA) is 70.1 Å². The predicted octanol–water partition coefficient (Wildman–Crippen LogP) is 2.73. The van der Waals surface area contributed by atoms with Gasteiger partial charge in [-0.1, -0.05) is 6.92 Å². The molecule has 0 fully saturated rings. The molecule has 17 heavy (non-hydrogen) atoms. The largest absolute Gasteiger partial charge is 0.392 e. The maximum atomic E-state index is 13.9. The van der Waals surface area contributed by atoms with Gasteiger partial charge >= 0.3 is 0 Å². The highest BCUT2D eigenvalue weighted by atomic mass is 79.9. The van der Waals surface area contributed by atoms with Gasteiger partial charge in [0.2, 0.25) is 0 Å². The molecule has 0 amide bonds. The van der Waals surface area contributed by atoms with Gasteiger partial charge in [-0.15, -0.1) is 11.8 Å². The summed E-state index contributed by atoms with van der Waals surface area (Å²) >= 11 is 4.33. The van der Waals surface area contributed by atoms with E-state index in [4.69, 9.17) is 11.1 Å². The Morgan fingerprint density at radius 3 is 2.59 bits per heavy atom. The van der Waals surface area contributed by atoms with Gasteiger partial charge in [0, 0.05) is 15.7 Å². The second-order valence-corrected chi connectivity index (χ2v) is 5.93. The molecule has 2 atom stereocenters. The third kappa shape index (κ3) is 3.43. The van der Waals surface area contributed by atoms with Crippen LogP contribution in [-0.2, 0) is 0 Å². The Hall–Kier alpha value is -0.590. The van der Waals surface area contributed by atoms with E-state index in [0.717, 1.165) is 0 Å². The molecule has 0 radical (unpaired) electrons. The number of hydrogen-bond acceptors (Lipinski definition) is 3. The fourth-order valence-corrected chi connectivity index (χ4v) is 2.77. The zero-order valence-corrected chi connectivity index (χ0v) is 11.9. The molecule has 0 saturated carbocycles. The minimum atomic E-state index is -0.523. The molecule has 1 aromatic carbocycles. The second kappa shape index (κ2) is 5.84. The van der Waals surface area contributed by atoms with Crippen molar-refractivity contribution >= 4 is 33.5 Å². The van der Waals surface area contributed by atoms with E-state index in [1.807, 2.05) is 6.92 Å². The van der Waals surface area contributed by atoms with Crippen molar-refractivity contribution in [3.05, 3.63) is 28.0 Å². The molecule has 0 spiro atoms. The zero-order valence-electron chi connectivity index (χ0n) is 9.50. The third-order valence-corrected chi connectivity index (χ3v) is 4.44. The number of hydrogen-bond donors (Lipinski definition) is 3. The van der Waals surface area contributed by atoms with Crippen molar-refractivity contribution < 1.29 is 9.50 Å². The normalized spacial score (nSPS) is 14.4. The van der Waals surface area contributed by atoms with Gasteiger partial charge in [0.25, 0.3) is 0 Å². The van der Waals surface area contributed by atoms with Crippen LogP contribution in [0.25, 0.3) is 0 Å². The number of halogens is 2. The highest BCUT2D eigenvalue weighted by Gasteiger charge is 2.17. The Bertz CT molecular complexity index is 440. The summed E-state index contributed by atoms with van der Waals surface area (Å²) < 4.78 is 14.1. The minimum absolute atomic E-state index is 0.112. The molecule has 0 aromatic heterocycles. The summed E-state index contributed by atoms with van der Waals surface area (Å²) in [5.74, 6) is -0.633. The highest BCUT2D eigenvalue weighted by Crippen LogP contribution is 2.33. The number of aliphatic hydroxyl groups excluding tert-OH is 1. The fraction of sp³-hybridized carbons (Fsp3) is 0.364. The van der Waals surface area contributed by atoms with Crippen LogP contribution in [0, 0.1) is 11.2 Å². The predicted molar refractivity (Wildman–Crippen MR) is 72.1 cm³/mol. The molecule has 1 rings (SSSR count). The lowest BCUT2D eigenvalue weighted by atomic mass is 10.2. The molecule has 6 heteroatoms. The summed E-state index contributed by atoms with van der Waals surface area (Å²) in [6, 6.07) is 3.16.